The van der Waals surface area contributed by atoms with E-state index < -0.39 is 5.97 Å². The van der Waals surface area contributed by atoms with Crippen LogP contribution in [0.3, 0.4) is 0 Å². The second-order valence-electron chi connectivity index (χ2n) is 3.40. The number of halogens is 1. The van der Waals surface area contributed by atoms with E-state index in [2.05, 4.69) is 25.9 Å². The van der Waals surface area contributed by atoms with E-state index in [9.17, 15) is 4.79 Å². The normalized spacial score (nSPS) is 10.3. The topological polar surface area (TPSA) is 83.0 Å². The lowest BCUT2D eigenvalue weighted by atomic mass is 10.4. The van der Waals surface area contributed by atoms with Gasteiger partial charge in [-0.15, -0.1) is 0 Å². The lowest BCUT2D eigenvalue weighted by Crippen LogP contribution is -2.09. The number of imidazole rings is 1. The minimum atomic E-state index is -0.536. The van der Waals surface area contributed by atoms with Crippen molar-refractivity contribution in [2.24, 2.45) is 0 Å². The van der Waals surface area contributed by atoms with Gasteiger partial charge < -0.3 is 10.5 Å². The monoisotopic (exact) mass is 310 g/mol. The van der Waals surface area contributed by atoms with Gasteiger partial charge in [0.2, 0.25) is 0 Å². The van der Waals surface area contributed by atoms with Gasteiger partial charge in [-0.2, -0.15) is 0 Å². The smallest absolute Gasteiger partial charge is 0.360 e. The summed E-state index contributed by atoms with van der Waals surface area (Å²) in [6.45, 7) is 2.00. The number of esters is 1. The van der Waals surface area contributed by atoms with E-state index in [4.69, 9.17) is 10.5 Å². The Labute approximate surface area is 112 Å². The van der Waals surface area contributed by atoms with Crippen molar-refractivity contribution in [3.05, 3.63) is 34.8 Å². The van der Waals surface area contributed by atoms with Crippen LogP contribution in [0.1, 0.15) is 17.4 Å². The van der Waals surface area contributed by atoms with Crippen LogP contribution in [-0.2, 0) is 4.74 Å². The predicted molar refractivity (Wildman–Crippen MR) is 69.4 cm³/mol. The third-order valence-corrected chi connectivity index (χ3v) is 2.70. The Balaban J connectivity index is 2.36. The second kappa shape index (κ2) is 5.18. The van der Waals surface area contributed by atoms with Crippen molar-refractivity contribution in [3.8, 4) is 5.82 Å². The third-order valence-electron chi connectivity index (χ3n) is 2.23. The number of nitrogens with two attached hydrogens (primary N) is 1. The number of ether oxygens (including phenoxy) is 1. The molecule has 0 aliphatic heterocycles. The Morgan fingerprint density at radius 2 is 2.28 bits per heavy atom. The van der Waals surface area contributed by atoms with Gasteiger partial charge >= 0.3 is 5.97 Å². The first-order valence-electron chi connectivity index (χ1n) is 5.25. The predicted octanol–water partition coefficient (Wildman–Crippen LogP) is 1.79. The highest BCUT2D eigenvalue weighted by Crippen LogP contribution is 2.17. The minimum Gasteiger partial charge on any atom is -0.461 e. The molecule has 2 heterocycles. The molecule has 6 nitrogen and oxygen atoms in total. The first-order valence-corrected chi connectivity index (χ1v) is 6.04. The third kappa shape index (κ3) is 2.35. The molecule has 2 aromatic heterocycles. The average molecular weight is 311 g/mol. The maximum atomic E-state index is 11.6. The summed E-state index contributed by atoms with van der Waals surface area (Å²) in [5.41, 5.74) is 5.95. The van der Waals surface area contributed by atoms with E-state index in [1.165, 1.54) is 10.9 Å². The van der Waals surface area contributed by atoms with E-state index in [1.54, 1.807) is 19.2 Å². The van der Waals surface area contributed by atoms with E-state index in [-0.39, 0.29) is 18.1 Å². The number of carbonyl (C=O) groups excluding carboxylic acids is 1. The van der Waals surface area contributed by atoms with Crippen molar-refractivity contribution in [2.45, 2.75) is 6.92 Å². The number of anilines is 1. The molecule has 0 aliphatic rings. The number of aromatic nitrogens is 3. The van der Waals surface area contributed by atoms with Crippen LogP contribution in [-0.4, -0.2) is 27.1 Å². The van der Waals surface area contributed by atoms with Crippen LogP contribution < -0.4 is 5.73 Å². The van der Waals surface area contributed by atoms with Crippen LogP contribution in [0.25, 0.3) is 5.82 Å². The summed E-state index contributed by atoms with van der Waals surface area (Å²) < 4.78 is 7.24. The fourth-order valence-electron chi connectivity index (χ4n) is 1.41. The first-order chi connectivity index (χ1) is 8.63. The molecule has 0 spiro atoms. The quantitative estimate of drug-likeness (QED) is 0.874. The summed E-state index contributed by atoms with van der Waals surface area (Å²) in [7, 11) is 0. The molecule has 2 aromatic rings. The van der Waals surface area contributed by atoms with Gasteiger partial charge in [-0.25, -0.2) is 14.8 Å². The van der Waals surface area contributed by atoms with Gasteiger partial charge in [-0.3, -0.25) is 4.57 Å². The standard InChI is InChI=1S/C11H11BrN4O2/c1-2-18-11(17)9-10(13)16(6-15-9)8-4-3-7(12)5-14-8/h3-6H,2,13H2,1H3. The SMILES string of the molecule is CCOC(=O)c1ncn(-c2ccc(Br)cn2)c1N. The fourth-order valence-corrected chi connectivity index (χ4v) is 1.64. The van der Waals surface area contributed by atoms with Gasteiger partial charge in [0, 0.05) is 10.7 Å². The molecular formula is C11H11BrN4O2. The number of nitrogens with zero attached hydrogens (tertiary/aromatic N) is 3. The van der Waals surface area contributed by atoms with E-state index in [0.717, 1.165) is 4.47 Å². The number of hydrogen-bond donors (Lipinski definition) is 1. The van der Waals surface area contributed by atoms with Gasteiger partial charge in [0.1, 0.15) is 18.0 Å². The lowest BCUT2D eigenvalue weighted by molar-refractivity contribution is 0.0521. The molecule has 2 rings (SSSR count). The molecule has 0 unspecified atom stereocenters. The van der Waals surface area contributed by atoms with Crippen LogP contribution in [0, 0.1) is 0 Å². The maximum absolute atomic E-state index is 11.6. The number of carbonyl (C=O) groups is 1. The van der Waals surface area contributed by atoms with Crippen LogP contribution in [0.15, 0.2) is 29.1 Å². The molecule has 0 saturated carbocycles. The van der Waals surface area contributed by atoms with Crippen LogP contribution >= 0.6 is 15.9 Å². The molecule has 0 aromatic carbocycles. The number of rotatable bonds is 3. The van der Waals surface area contributed by atoms with Crippen LogP contribution in [0.4, 0.5) is 5.82 Å². The van der Waals surface area contributed by atoms with Crippen LogP contribution in [0.2, 0.25) is 0 Å². The molecule has 0 radical (unpaired) electrons. The van der Waals surface area contributed by atoms with Gasteiger partial charge in [0.15, 0.2) is 5.69 Å². The summed E-state index contributed by atoms with van der Waals surface area (Å²) in [4.78, 5) is 19.7. The molecule has 0 aliphatic carbocycles. The molecule has 0 atom stereocenters. The highest BCUT2D eigenvalue weighted by molar-refractivity contribution is 9.10. The molecule has 0 amide bonds. The number of pyridine rings is 1. The van der Waals surface area contributed by atoms with E-state index >= 15 is 0 Å². The van der Waals surface area contributed by atoms with Crippen molar-refractivity contribution >= 4 is 27.7 Å². The van der Waals surface area contributed by atoms with Gasteiger partial charge in [-0.05, 0) is 35.0 Å². The molecule has 0 bridgehead atoms. The summed E-state index contributed by atoms with van der Waals surface area (Å²) in [6.07, 6.45) is 3.08. The summed E-state index contributed by atoms with van der Waals surface area (Å²) in [5.74, 6) is 0.257. The molecule has 2 N–H and O–H groups in total. The van der Waals surface area contributed by atoms with E-state index in [1.807, 2.05) is 6.07 Å². The van der Waals surface area contributed by atoms with Gasteiger partial charge in [-0.1, -0.05) is 0 Å². The highest BCUT2D eigenvalue weighted by Gasteiger charge is 2.17. The Morgan fingerprint density at radius 1 is 1.50 bits per heavy atom. The fraction of sp³-hybridized carbons (Fsp3) is 0.182. The first kappa shape index (κ1) is 12.6. The van der Waals surface area contributed by atoms with Crippen molar-refractivity contribution in [1.82, 2.24) is 14.5 Å². The highest BCUT2D eigenvalue weighted by atomic mass is 79.9. The Morgan fingerprint density at radius 3 is 2.89 bits per heavy atom. The Bertz CT molecular complexity index is 565. The minimum absolute atomic E-state index is 0.0987. The molecule has 0 saturated heterocycles. The molecule has 94 valence electrons. The van der Waals surface area contributed by atoms with Crippen molar-refractivity contribution in [3.63, 3.8) is 0 Å². The molecule has 7 heteroatoms. The maximum Gasteiger partial charge on any atom is 0.360 e. The van der Waals surface area contributed by atoms with Crippen molar-refractivity contribution in [2.75, 3.05) is 12.3 Å². The molecule has 0 fully saturated rings. The Kier molecular flexibility index (Phi) is 3.61. The lowest BCUT2D eigenvalue weighted by Gasteiger charge is -2.04. The Hall–Kier alpha value is -1.89. The summed E-state index contributed by atoms with van der Waals surface area (Å²) >= 11 is 3.29. The molecule has 18 heavy (non-hydrogen) atoms. The zero-order chi connectivity index (χ0) is 13.1. The van der Waals surface area contributed by atoms with Gasteiger partial charge in [0.25, 0.3) is 0 Å². The number of hydrogen-bond acceptors (Lipinski definition) is 5. The average Bonchev–Trinajstić information content (AvgIpc) is 2.73. The molecular weight excluding hydrogens is 300 g/mol. The zero-order valence-corrected chi connectivity index (χ0v) is 11.2. The van der Waals surface area contributed by atoms with Crippen molar-refractivity contribution in [1.29, 1.82) is 0 Å². The summed E-state index contributed by atoms with van der Waals surface area (Å²) in [6, 6.07) is 3.59. The van der Waals surface area contributed by atoms with Crippen LogP contribution in [0.5, 0.6) is 0 Å². The number of nitrogen functional groups attached to an aromatic ring is 1. The zero-order valence-electron chi connectivity index (χ0n) is 9.63. The second-order valence-corrected chi connectivity index (χ2v) is 4.32. The van der Waals surface area contributed by atoms with E-state index in [0.29, 0.717) is 5.82 Å². The largest absolute Gasteiger partial charge is 0.461 e. The summed E-state index contributed by atoms with van der Waals surface area (Å²) in [5, 5.41) is 0. The van der Waals surface area contributed by atoms with Gasteiger partial charge in [0.05, 0.1) is 6.61 Å². The van der Waals surface area contributed by atoms with Crippen molar-refractivity contribution < 1.29 is 9.53 Å².